The molecule has 3 aliphatic rings. The Labute approximate surface area is 285 Å². The van der Waals surface area contributed by atoms with Gasteiger partial charge in [-0.25, -0.2) is 18.6 Å². The summed E-state index contributed by atoms with van der Waals surface area (Å²) in [4.78, 5) is 60.3. The SMILES string of the molecule is CC1CN(C(=O)OC(C)(C)C)C2(CCCC2)C(=O)N1CC(=O)Nc1ccc2c(c1)CC(C(=O)Nc1ccccn1)C2.Fc1cccc(F)c1. The van der Waals surface area contributed by atoms with Crippen LogP contribution >= 0.6 is 0 Å². The maximum Gasteiger partial charge on any atom is 0.411 e. The molecule has 3 aromatic rings. The summed E-state index contributed by atoms with van der Waals surface area (Å²) in [7, 11) is 0. The quantitative estimate of drug-likeness (QED) is 0.336. The largest absolute Gasteiger partial charge is 0.444 e. The first-order valence-corrected chi connectivity index (χ1v) is 16.6. The number of carbonyl (C=O) groups is 4. The Kier molecular flexibility index (Phi) is 10.6. The predicted molar refractivity (Wildman–Crippen MR) is 181 cm³/mol. The van der Waals surface area contributed by atoms with Gasteiger partial charge in [-0.3, -0.25) is 19.3 Å². The first-order chi connectivity index (χ1) is 23.2. The second kappa shape index (κ2) is 14.7. The lowest BCUT2D eigenvalue weighted by molar-refractivity contribution is -0.156. The number of piperazine rings is 1. The van der Waals surface area contributed by atoms with Crippen LogP contribution in [0, 0.1) is 17.6 Å². The fourth-order valence-corrected chi connectivity index (χ4v) is 6.72. The van der Waals surface area contributed by atoms with Crippen LogP contribution in [0.1, 0.15) is 64.5 Å². The minimum atomic E-state index is -0.965. The Hall–Kier alpha value is -4.87. The fraction of sp³-hybridized carbons (Fsp3) is 0.432. The number of fused-ring (bicyclic) bond motifs is 1. The molecule has 2 heterocycles. The molecule has 1 spiro atoms. The lowest BCUT2D eigenvalue weighted by atomic mass is 9.89. The normalized spacial score (nSPS) is 19.5. The van der Waals surface area contributed by atoms with Gasteiger partial charge < -0.3 is 20.3 Å². The number of rotatable bonds is 5. The first kappa shape index (κ1) is 35.4. The number of halogens is 2. The van der Waals surface area contributed by atoms with Gasteiger partial charge >= 0.3 is 6.09 Å². The van der Waals surface area contributed by atoms with Crippen LogP contribution in [0.25, 0.3) is 0 Å². The summed E-state index contributed by atoms with van der Waals surface area (Å²) in [5.41, 5.74) is 1.09. The van der Waals surface area contributed by atoms with Gasteiger partial charge in [0.2, 0.25) is 17.7 Å². The minimum Gasteiger partial charge on any atom is -0.444 e. The molecule has 1 aromatic heterocycles. The number of nitrogens with zero attached hydrogens (tertiary/aromatic N) is 3. The summed E-state index contributed by atoms with van der Waals surface area (Å²) in [5, 5.41) is 5.81. The molecule has 2 N–H and O–H groups in total. The molecule has 10 nitrogen and oxygen atoms in total. The van der Waals surface area contributed by atoms with E-state index < -0.39 is 28.9 Å². The van der Waals surface area contributed by atoms with E-state index in [1.54, 1.807) is 28.1 Å². The topological polar surface area (TPSA) is 121 Å². The van der Waals surface area contributed by atoms with Gasteiger partial charge in [-0.2, -0.15) is 0 Å². The number of anilines is 2. The van der Waals surface area contributed by atoms with Crippen molar-refractivity contribution in [1.29, 1.82) is 0 Å². The zero-order valence-electron chi connectivity index (χ0n) is 28.3. The average molecular weight is 676 g/mol. The van der Waals surface area contributed by atoms with Crippen LogP contribution in [0.4, 0.5) is 25.1 Å². The summed E-state index contributed by atoms with van der Waals surface area (Å²) in [6.45, 7) is 7.51. The Morgan fingerprint density at radius 3 is 2.24 bits per heavy atom. The number of ether oxygens (including phenoxy) is 1. The van der Waals surface area contributed by atoms with Crippen molar-refractivity contribution in [3.05, 3.63) is 89.6 Å². The van der Waals surface area contributed by atoms with Crippen molar-refractivity contribution in [3.8, 4) is 0 Å². The highest BCUT2D eigenvalue weighted by atomic mass is 19.1. The molecule has 1 saturated heterocycles. The van der Waals surface area contributed by atoms with E-state index in [1.807, 2.05) is 52.0 Å². The number of pyridine rings is 1. The smallest absolute Gasteiger partial charge is 0.411 e. The molecule has 2 aliphatic carbocycles. The highest BCUT2D eigenvalue weighted by Crippen LogP contribution is 2.41. The predicted octanol–water partition coefficient (Wildman–Crippen LogP) is 6.12. The first-order valence-electron chi connectivity index (χ1n) is 16.6. The number of amides is 4. The zero-order valence-corrected chi connectivity index (χ0v) is 28.3. The van der Waals surface area contributed by atoms with Crippen LogP contribution in [0.3, 0.4) is 0 Å². The lowest BCUT2D eigenvalue weighted by Gasteiger charge is -2.50. The number of hydrogen-bond acceptors (Lipinski definition) is 6. The van der Waals surface area contributed by atoms with Crippen molar-refractivity contribution < 1.29 is 32.7 Å². The van der Waals surface area contributed by atoms with Crippen LogP contribution in [0.15, 0.2) is 66.9 Å². The van der Waals surface area contributed by atoms with E-state index in [1.165, 1.54) is 18.2 Å². The Balaban J connectivity index is 0.000000514. The van der Waals surface area contributed by atoms with E-state index in [0.29, 0.717) is 43.7 Å². The zero-order chi connectivity index (χ0) is 35.3. The van der Waals surface area contributed by atoms with Gasteiger partial charge in [0.25, 0.3) is 0 Å². The van der Waals surface area contributed by atoms with E-state index in [2.05, 4.69) is 15.6 Å². The van der Waals surface area contributed by atoms with Gasteiger partial charge in [0, 0.05) is 36.5 Å². The second-order valence-electron chi connectivity index (χ2n) is 13.9. The molecule has 2 fully saturated rings. The van der Waals surface area contributed by atoms with Crippen LogP contribution in [0.5, 0.6) is 0 Å². The molecule has 0 radical (unpaired) electrons. The molecule has 0 bridgehead atoms. The van der Waals surface area contributed by atoms with Gasteiger partial charge in [0.15, 0.2) is 0 Å². The number of aromatic nitrogens is 1. The van der Waals surface area contributed by atoms with Crippen molar-refractivity contribution in [2.24, 2.45) is 5.92 Å². The number of nitrogens with one attached hydrogen (secondary N) is 2. The Morgan fingerprint density at radius 1 is 0.939 bits per heavy atom. The van der Waals surface area contributed by atoms with Gasteiger partial charge in [-0.1, -0.05) is 31.0 Å². The number of benzene rings is 2. The van der Waals surface area contributed by atoms with Crippen molar-refractivity contribution in [3.63, 3.8) is 0 Å². The molecular weight excluding hydrogens is 632 g/mol. The fourth-order valence-electron chi connectivity index (χ4n) is 6.72. The van der Waals surface area contributed by atoms with Crippen molar-refractivity contribution in [2.75, 3.05) is 23.7 Å². The highest BCUT2D eigenvalue weighted by molar-refractivity contribution is 5.98. The molecule has 1 aliphatic heterocycles. The van der Waals surface area contributed by atoms with Crippen LogP contribution in [-0.4, -0.2) is 68.9 Å². The van der Waals surface area contributed by atoms with Gasteiger partial charge in [0.1, 0.15) is 35.1 Å². The molecule has 2 unspecified atom stereocenters. The highest BCUT2D eigenvalue weighted by Gasteiger charge is 2.55. The van der Waals surface area contributed by atoms with E-state index in [-0.39, 0.29) is 36.2 Å². The molecule has 49 heavy (non-hydrogen) atoms. The van der Waals surface area contributed by atoms with E-state index >= 15 is 0 Å². The molecule has 2 atom stereocenters. The van der Waals surface area contributed by atoms with E-state index in [0.717, 1.165) is 30.0 Å². The standard InChI is InChI=1S/C31H39N5O5.C6H4F2/c1-20-18-36(29(40)41-30(2,3)4)31(12-6-7-13-31)28(39)35(20)19-26(37)33-24-11-10-21-15-23(16-22(21)17-24)27(38)34-25-9-5-8-14-32-25;7-5-2-1-3-6(8)4-5/h5,8-11,14,17,20,23H,6-7,12-13,15-16,18-19H2,1-4H3,(H,33,37)(H,32,34,38);1-4H. The van der Waals surface area contributed by atoms with Crippen molar-refractivity contribution >= 4 is 35.3 Å². The third-order valence-electron chi connectivity index (χ3n) is 9.01. The van der Waals surface area contributed by atoms with Gasteiger partial charge in [-0.15, -0.1) is 0 Å². The third-order valence-corrected chi connectivity index (χ3v) is 9.01. The molecular formula is C37H43F2N5O5. The molecule has 6 rings (SSSR count). The third kappa shape index (κ3) is 8.60. The summed E-state index contributed by atoms with van der Waals surface area (Å²) >= 11 is 0. The summed E-state index contributed by atoms with van der Waals surface area (Å²) in [6.07, 6.45) is 5.17. The molecule has 260 valence electrons. The number of carbonyl (C=O) groups excluding carboxylic acids is 4. The lowest BCUT2D eigenvalue weighted by Crippen LogP contribution is -2.69. The second-order valence-corrected chi connectivity index (χ2v) is 13.9. The average Bonchev–Trinajstić information content (AvgIpc) is 3.69. The monoisotopic (exact) mass is 675 g/mol. The maximum atomic E-state index is 13.9. The Bertz CT molecular complexity index is 1670. The van der Waals surface area contributed by atoms with Crippen LogP contribution < -0.4 is 10.6 Å². The van der Waals surface area contributed by atoms with E-state index in [9.17, 15) is 28.0 Å². The summed E-state index contributed by atoms with van der Waals surface area (Å²) < 4.78 is 29.5. The van der Waals surface area contributed by atoms with E-state index in [4.69, 9.17) is 4.74 Å². The van der Waals surface area contributed by atoms with Crippen molar-refractivity contribution in [2.45, 2.75) is 83.4 Å². The van der Waals surface area contributed by atoms with Crippen LogP contribution in [0.2, 0.25) is 0 Å². The summed E-state index contributed by atoms with van der Waals surface area (Å²) in [5.74, 6) is -1.33. The van der Waals surface area contributed by atoms with Crippen LogP contribution in [-0.2, 0) is 32.0 Å². The molecule has 1 saturated carbocycles. The summed E-state index contributed by atoms with van der Waals surface area (Å²) in [6, 6.07) is 15.3. The Morgan fingerprint density at radius 2 is 1.63 bits per heavy atom. The number of hydrogen-bond donors (Lipinski definition) is 2. The molecule has 12 heteroatoms. The maximum absolute atomic E-state index is 13.9. The van der Waals surface area contributed by atoms with Gasteiger partial charge in [0.05, 0.1) is 0 Å². The minimum absolute atomic E-state index is 0.0793. The molecule has 2 aromatic carbocycles. The van der Waals surface area contributed by atoms with Gasteiger partial charge in [-0.05, 0) is 101 Å². The van der Waals surface area contributed by atoms with Crippen molar-refractivity contribution in [1.82, 2.24) is 14.8 Å². The molecule has 4 amide bonds.